The molecule has 0 aromatic heterocycles. The summed E-state index contributed by atoms with van der Waals surface area (Å²) in [5.74, 6) is -1.98. The lowest BCUT2D eigenvalue weighted by Gasteiger charge is -2.44. The molecule has 24 heavy (non-hydrogen) atoms. The van der Waals surface area contributed by atoms with Crippen LogP contribution >= 0.6 is 12.2 Å². The number of carbonyl (C=O) groups is 2. The number of fused-ring (bicyclic) bond motifs is 1. The van der Waals surface area contributed by atoms with Crippen molar-refractivity contribution in [2.24, 2.45) is 5.92 Å². The highest BCUT2D eigenvalue weighted by Gasteiger charge is 2.56. The first-order chi connectivity index (χ1) is 11.4. The zero-order chi connectivity index (χ0) is 17.6. The molecule has 1 fully saturated rings. The summed E-state index contributed by atoms with van der Waals surface area (Å²) in [4.78, 5) is 25.8. The number of carboxylic acids is 1. The van der Waals surface area contributed by atoms with Gasteiger partial charge in [-0.1, -0.05) is 36.5 Å². The predicted molar refractivity (Wildman–Crippen MR) is 92.2 cm³/mol. The van der Waals surface area contributed by atoms with E-state index in [1.54, 1.807) is 14.0 Å². The number of aliphatic hydroxyl groups excluding tert-OH is 1. The van der Waals surface area contributed by atoms with Crippen molar-refractivity contribution < 1.29 is 19.8 Å². The second-order valence-corrected chi connectivity index (χ2v) is 6.44. The summed E-state index contributed by atoms with van der Waals surface area (Å²) in [6.07, 6.45) is -0.359. The molecule has 0 bridgehead atoms. The highest BCUT2D eigenvalue weighted by Crippen LogP contribution is 2.46. The fourth-order valence-electron chi connectivity index (χ4n) is 3.49. The van der Waals surface area contributed by atoms with Crippen LogP contribution in [0.2, 0.25) is 0 Å². The molecule has 7 heteroatoms. The van der Waals surface area contributed by atoms with E-state index in [-0.39, 0.29) is 17.6 Å². The number of β-lactam (4-membered cyclic amide) rings is 1. The van der Waals surface area contributed by atoms with E-state index in [4.69, 9.17) is 12.2 Å². The molecule has 1 amide bonds. The minimum absolute atomic E-state index is 0.0193. The number of nitrogens with one attached hydrogen (secondary N) is 1. The fraction of sp³-hybridized carbons (Fsp3) is 0.353. The van der Waals surface area contributed by atoms with Crippen molar-refractivity contribution in [2.75, 3.05) is 7.05 Å². The maximum Gasteiger partial charge on any atom is 0.352 e. The van der Waals surface area contributed by atoms with Crippen LogP contribution in [-0.2, 0) is 9.59 Å². The number of aliphatic carboxylic acids is 1. The van der Waals surface area contributed by atoms with Gasteiger partial charge in [0.05, 0.1) is 18.1 Å². The number of carboxylic acid groups (broad SMARTS) is 1. The molecule has 0 spiro atoms. The number of carbonyl (C=O) groups excluding carboxylic acids is 1. The van der Waals surface area contributed by atoms with Crippen LogP contribution in [0.3, 0.4) is 0 Å². The van der Waals surface area contributed by atoms with Crippen molar-refractivity contribution in [3.8, 4) is 0 Å². The molecule has 6 nitrogen and oxygen atoms in total. The van der Waals surface area contributed by atoms with Crippen LogP contribution in [0.1, 0.15) is 24.5 Å². The Bertz CT molecular complexity index is 754. The molecule has 0 unspecified atom stereocenters. The largest absolute Gasteiger partial charge is 0.477 e. The number of aliphatic hydroxyl groups is 1. The summed E-state index contributed by atoms with van der Waals surface area (Å²) >= 11 is 5.17. The van der Waals surface area contributed by atoms with E-state index >= 15 is 0 Å². The fourth-order valence-corrected chi connectivity index (χ4v) is 3.63. The molecule has 1 saturated heterocycles. The van der Waals surface area contributed by atoms with Crippen LogP contribution < -0.4 is 5.32 Å². The molecule has 2 heterocycles. The number of hydrogen-bond acceptors (Lipinski definition) is 4. The van der Waals surface area contributed by atoms with Gasteiger partial charge in [-0.2, -0.15) is 0 Å². The molecule has 1 aromatic rings. The smallest absolute Gasteiger partial charge is 0.352 e. The van der Waals surface area contributed by atoms with E-state index in [9.17, 15) is 19.8 Å². The standard InChI is InChI=1S/C17H18N2O4S/c1-8(20)13-12-7-11(14(17(22)23)19(12)16(13)21)9-3-5-10(6-4-9)15(24)18-2/h3-6,8,12-13,20H,7H2,1-2H3,(H,18,24)(H,22,23)/t8-,12-,13-/m1/s1. The van der Waals surface area contributed by atoms with Crippen molar-refractivity contribution in [1.82, 2.24) is 10.2 Å². The maximum atomic E-state index is 12.2. The van der Waals surface area contributed by atoms with Crippen LogP contribution in [0.25, 0.3) is 5.57 Å². The molecular weight excluding hydrogens is 328 g/mol. The lowest BCUT2D eigenvalue weighted by molar-refractivity contribution is -0.161. The summed E-state index contributed by atoms with van der Waals surface area (Å²) in [6.45, 7) is 1.56. The Kier molecular flexibility index (Phi) is 4.15. The molecule has 2 aliphatic rings. The minimum atomic E-state index is -1.13. The van der Waals surface area contributed by atoms with E-state index < -0.39 is 18.0 Å². The first kappa shape index (κ1) is 16.6. The summed E-state index contributed by atoms with van der Waals surface area (Å²) in [5.41, 5.74) is 2.23. The first-order valence-corrected chi connectivity index (χ1v) is 8.07. The summed E-state index contributed by atoms with van der Waals surface area (Å²) in [6, 6.07) is 6.99. The Morgan fingerprint density at radius 1 is 1.38 bits per heavy atom. The first-order valence-electron chi connectivity index (χ1n) is 7.67. The Labute approximate surface area is 144 Å². The third-order valence-electron chi connectivity index (χ3n) is 4.65. The van der Waals surface area contributed by atoms with Crippen LogP contribution in [0.5, 0.6) is 0 Å². The average Bonchev–Trinajstić information content (AvgIpc) is 2.89. The second-order valence-electron chi connectivity index (χ2n) is 6.03. The molecular formula is C17H18N2O4S. The highest BCUT2D eigenvalue weighted by molar-refractivity contribution is 7.80. The quantitative estimate of drug-likeness (QED) is 0.556. The van der Waals surface area contributed by atoms with Gasteiger partial charge in [0.2, 0.25) is 5.91 Å². The van der Waals surface area contributed by atoms with Crippen LogP contribution in [-0.4, -0.2) is 51.2 Å². The zero-order valence-electron chi connectivity index (χ0n) is 13.3. The number of benzene rings is 1. The molecule has 3 atom stereocenters. The van der Waals surface area contributed by atoms with Crippen molar-refractivity contribution >= 4 is 34.7 Å². The van der Waals surface area contributed by atoms with Gasteiger partial charge in [0.15, 0.2) is 0 Å². The molecule has 3 N–H and O–H groups in total. The van der Waals surface area contributed by atoms with Gasteiger partial charge in [-0.15, -0.1) is 0 Å². The van der Waals surface area contributed by atoms with Crippen molar-refractivity contribution in [3.63, 3.8) is 0 Å². The van der Waals surface area contributed by atoms with E-state index in [0.717, 1.165) is 11.1 Å². The average molecular weight is 346 g/mol. The SMILES string of the molecule is CNC(=S)c1ccc(C2=C(C(=O)O)N3C(=O)[C@H]([C@@H](C)O)[C@H]3C2)cc1. The summed E-state index contributed by atoms with van der Waals surface area (Å²) in [7, 11) is 1.74. The van der Waals surface area contributed by atoms with Crippen LogP contribution in [0, 0.1) is 5.92 Å². The highest BCUT2D eigenvalue weighted by atomic mass is 32.1. The number of rotatable bonds is 4. The van der Waals surface area contributed by atoms with Gasteiger partial charge in [0.25, 0.3) is 0 Å². The molecule has 0 aliphatic carbocycles. The molecule has 1 aromatic carbocycles. The molecule has 0 radical (unpaired) electrons. The van der Waals surface area contributed by atoms with Crippen molar-refractivity contribution in [1.29, 1.82) is 0 Å². The molecule has 2 aliphatic heterocycles. The van der Waals surface area contributed by atoms with Crippen molar-refractivity contribution in [2.45, 2.75) is 25.5 Å². The van der Waals surface area contributed by atoms with Gasteiger partial charge in [0, 0.05) is 12.6 Å². The Morgan fingerprint density at radius 3 is 2.50 bits per heavy atom. The summed E-state index contributed by atoms with van der Waals surface area (Å²) < 4.78 is 0. The van der Waals surface area contributed by atoms with E-state index in [1.807, 2.05) is 24.3 Å². The van der Waals surface area contributed by atoms with Gasteiger partial charge in [-0.3, -0.25) is 4.79 Å². The Balaban J connectivity index is 1.97. The molecule has 126 valence electrons. The van der Waals surface area contributed by atoms with Gasteiger partial charge < -0.3 is 20.4 Å². The van der Waals surface area contributed by atoms with Crippen LogP contribution in [0.4, 0.5) is 0 Å². The monoisotopic (exact) mass is 346 g/mol. The predicted octanol–water partition coefficient (Wildman–Crippen LogP) is 0.989. The Morgan fingerprint density at radius 2 is 2.00 bits per heavy atom. The van der Waals surface area contributed by atoms with Gasteiger partial charge in [-0.05, 0) is 24.5 Å². The van der Waals surface area contributed by atoms with E-state index in [2.05, 4.69) is 5.32 Å². The number of thiocarbonyl (C=S) groups is 1. The van der Waals surface area contributed by atoms with Crippen molar-refractivity contribution in [3.05, 3.63) is 41.1 Å². The molecule has 0 saturated carbocycles. The lowest BCUT2D eigenvalue weighted by Crippen LogP contribution is -2.61. The minimum Gasteiger partial charge on any atom is -0.477 e. The topological polar surface area (TPSA) is 89.9 Å². The van der Waals surface area contributed by atoms with Crippen LogP contribution in [0.15, 0.2) is 30.0 Å². The Hall–Kier alpha value is -2.25. The van der Waals surface area contributed by atoms with Gasteiger partial charge >= 0.3 is 5.97 Å². The second kappa shape index (κ2) is 5.99. The normalized spacial score (nSPS) is 23.6. The van der Waals surface area contributed by atoms with Gasteiger partial charge in [-0.25, -0.2) is 4.79 Å². The van der Waals surface area contributed by atoms with E-state index in [1.165, 1.54) is 4.90 Å². The molecule has 3 rings (SSSR count). The maximum absolute atomic E-state index is 12.2. The lowest BCUT2D eigenvalue weighted by atomic mass is 9.82. The van der Waals surface area contributed by atoms with Gasteiger partial charge in [0.1, 0.15) is 10.7 Å². The third kappa shape index (κ3) is 2.40. The summed E-state index contributed by atoms with van der Waals surface area (Å²) in [5, 5.41) is 22.2. The number of amides is 1. The third-order valence-corrected chi connectivity index (χ3v) is 5.09. The number of hydrogen-bond donors (Lipinski definition) is 3. The number of nitrogens with zero attached hydrogens (tertiary/aromatic N) is 1. The zero-order valence-corrected chi connectivity index (χ0v) is 14.1. The van der Waals surface area contributed by atoms with E-state index in [0.29, 0.717) is 17.0 Å².